The van der Waals surface area contributed by atoms with Crippen molar-refractivity contribution in [2.75, 3.05) is 32.7 Å². The Balaban J connectivity index is 0.893. The summed E-state index contributed by atoms with van der Waals surface area (Å²) in [4.78, 5) is 18.7. The van der Waals surface area contributed by atoms with Crippen LogP contribution in [0.3, 0.4) is 0 Å². The molecule has 2 amide bonds. The molecule has 5 unspecified atom stereocenters. The van der Waals surface area contributed by atoms with Crippen molar-refractivity contribution in [3.8, 4) is 11.1 Å². The number of carbonyl (C=O) groups excluding carboxylic acids is 1. The van der Waals surface area contributed by atoms with Gasteiger partial charge in [0.1, 0.15) is 0 Å². The summed E-state index contributed by atoms with van der Waals surface area (Å²) in [5, 5.41) is 16.4. The molecule has 3 heterocycles. The van der Waals surface area contributed by atoms with E-state index in [-0.39, 0.29) is 36.3 Å². The third-order valence-corrected chi connectivity index (χ3v) is 14.1. The second-order valence-electron chi connectivity index (χ2n) is 17.9. The fourth-order valence-electron chi connectivity index (χ4n) is 11.7. The van der Waals surface area contributed by atoms with Crippen LogP contribution < -0.4 is 10.6 Å². The molecule has 54 heavy (non-hydrogen) atoms. The Labute approximate surface area is 322 Å². The lowest BCUT2D eigenvalue weighted by Gasteiger charge is -2.56. The molecule has 0 spiro atoms. The minimum atomic E-state index is -0.493. The summed E-state index contributed by atoms with van der Waals surface area (Å²) in [5.41, 5.74) is 6.37. The molecule has 10 rings (SSSR count). The average molecular weight is 733 g/mol. The number of amides is 2. The molecule has 3 N–H and O–H groups in total. The van der Waals surface area contributed by atoms with Gasteiger partial charge < -0.3 is 30.1 Å². The maximum absolute atomic E-state index is 13.3. The van der Waals surface area contributed by atoms with Crippen molar-refractivity contribution >= 4 is 6.03 Å². The van der Waals surface area contributed by atoms with Gasteiger partial charge in [0.25, 0.3) is 0 Å². The molecule has 8 heteroatoms. The maximum atomic E-state index is 13.3. The van der Waals surface area contributed by atoms with Crippen LogP contribution in [-0.2, 0) is 22.6 Å². The highest BCUT2D eigenvalue weighted by molar-refractivity contribution is 5.76. The van der Waals surface area contributed by atoms with Crippen LogP contribution in [0.15, 0.2) is 72.8 Å². The summed E-state index contributed by atoms with van der Waals surface area (Å²) in [6, 6.07) is 25.8. The topological polar surface area (TPSA) is 86.3 Å². The number of urea groups is 1. The molecule has 3 aromatic rings. The Morgan fingerprint density at radius 3 is 2.20 bits per heavy atom. The molecule has 8 nitrogen and oxygen atoms in total. The Morgan fingerprint density at radius 1 is 0.815 bits per heavy atom. The van der Waals surface area contributed by atoms with Crippen LogP contribution in [0.2, 0.25) is 0 Å². The predicted molar refractivity (Wildman–Crippen MR) is 211 cm³/mol. The fourth-order valence-corrected chi connectivity index (χ4v) is 11.7. The number of ether oxygens (including phenoxy) is 2. The van der Waals surface area contributed by atoms with Gasteiger partial charge in [-0.25, -0.2) is 4.79 Å². The molecule has 0 radical (unpaired) electrons. The van der Waals surface area contributed by atoms with Crippen molar-refractivity contribution in [2.24, 2.45) is 23.7 Å². The lowest BCUT2D eigenvalue weighted by molar-refractivity contribution is -0.276. The molecule has 3 aromatic carbocycles. The van der Waals surface area contributed by atoms with Gasteiger partial charge in [-0.1, -0.05) is 79.7 Å². The fraction of sp³-hybridized carbons (Fsp3) is 0.587. The largest absolute Gasteiger partial charge is 0.392 e. The van der Waals surface area contributed by atoms with E-state index in [0.29, 0.717) is 12.6 Å². The summed E-state index contributed by atoms with van der Waals surface area (Å²) in [6.07, 6.45) is 12.1. The maximum Gasteiger partial charge on any atom is 0.315 e. The highest BCUT2D eigenvalue weighted by atomic mass is 16.7. The molecule has 288 valence electrons. The van der Waals surface area contributed by atoms with E-state index in [1.165, 1.54) is 58.0 Å². The summed E-state index contributed by atoms with van der Waals surface area (Å²) >= 11 is 0. The first-order chi connectivity index (χ1) is 26.4. The van der Waals surface area contributed by atoms with Gasteiger partial charge in [0.2, 0.25) is 0 Å². The van der Waals surface area contributed by atoms with Gasteiger partial charge >= 0.3 is 6.03 Å². The highest BCUT2D eigenvalue weighted by Crippen LogP contribution is 2.55. The molecule has 3 aliphatic heterocycles. The van der Waals surface area contributed by atoms with Crippen molar-refractivity contribution in [3.63, 3.8) is 0 Å². The summed E-state index contributed by atoms with van der Waals surface area (Å²) < 4.78 is 13.8. The number of hydrogen-bond acceptors (Lipinski definition) is 6. The number of carbonyl (C=O) groups is 1. The third kappa shape index (κ3) is 7.74. The molecule has 3 saturated heterocycles. The van der Waals surface area contributed by atoms with E-state index in [2.05, 4.69) is 88.0 Å². The van der Waals surface area contributed by atoms with Crippen molar-refractivity contribution in [1.29, 1.82) is 0 Å². The first-order valence-electron chi connectivity index (χ1n) is 21.1. The van der Waals surface area contributed by atoms with E-state index in [9.17, 15) is 9.90 Å². The number of benzene rings is 3. The van der Waals surface area contributed by atoms with Crippen molar-refractivity contribution in [1.82, 2.24) is 20.4 Å². The Kier molecular flexibility index (Phi) is 10.6. The van der Waals surface area contributed by atoms with E-state index in [1.54, 1.807) is 0 Å². The Morgan fingerprint density at radius 2 is 1.50 bits per heavy atom. The molecule has 4 aliphatic carbocycles. The van der Waals surface area contributed by atoms with E-state index in [4.69, 9.17) is 9.47 Å². The highest BCUT2D eigenvalue weighted by Gasteiger charge is 2.51. The monoisotopic (exact) mass is 732 g/mol. The van der Waals surface area contributed by atoms with Crippen LogP contribution in [-0.4, -0.2) is 71.3 Å². The quantitative estimate of drug-likeness (QED) is 0.186. The molecule has 7 aliphatic rings. The Hall–Kier alpha value is -3.27. The number of rotatable bonds is 11. The van der Waals surface area contributed by atoms with Crippen LogP contribution in [0.5, 0.6) is 0 Å². The van der Waals surface area contributed by atoms with Crippen molar-refractivity contribution < 1.29 is 19.4 Å². The normalized spacial score (nSPS) is 33.7. The minimum absolute atomic E-state index is 0.0000836. The lowest BCUT2D eigenvalue weighted by atomic mass is 9.53. The first-order valence-corrected chi connectivity index (χ1v) is 21.1. The number of aliphatic hydroxyl groups excluding tert-OH is 1. The van der Waals surface area contributed by atoms with Gasteiger partial charge in [-0.3, -0.25) is 4.90 Å². The van der Waals surface area contributed by atoms with Gasteiger partial charge in [0.05, 0.1) is 18.8 Å². The minimum Gasteiger partial charge on any atom is -0.392 e. The van der Waals surface area contributed by atoms with E-state index in [0.717, 1.165) is 90.0 Å². The molecule has 0 aromatic heterocycles. The molecular formula is C46H60N4O4. The van der Waals surface area contributed by atoms with Gasteiger partial charge in [-0.15, -0.1) is 0 Å². The van der Waals surface area contributed by atoms with Gasteiger partial charge in [-0.2, -0.15) is 0 Å². The molecule has 5 atom stereocenters. The van der Waals surface area contributed by atoms with Crippen molar-refractivity contribution in [3.05, 3.63) is 95.1 Å². The number of nitrogens with one attached hydrogen (secondary N) is 2. The molecule has 7 fully saturated rings. The second kappa shape index (κ2) is 15.7. The predicted octanol–water partition coefficient (Wildman–Crippen LogP) is 7.97. The number of likely N-dealkylation sites (tertiary alicyclic amines) is 2. The van der Waals surface area contributed by atoms with E-state index in [1.807, 2.05) is 12.1 Å². The second-order valence-corrected chi connectivity index (χ2v) is 17.9. The zero-order chi connectivity index (χ0) is 36.6. The van der Waals surface area contributed by atoms with Crippen LogP contribution in [0.1, 0.15) is 106 Å². The van der Waals surface area contributed by atoms with Crippen LogP contribution in [0.25, 0.3) is 11.1 Å². The molecule has 4 bridgehead atoms. The summed E-state index contributed by atoms with van der Waals surface area (Å²) in [6.45, 7) is 8.44. The first kappa shape index (κ1) is 36.4. The van der Waals surface area contributed by atoms with Crippen LogP contribution >= 0.6 is 0 Å². The SMILES string of the molecule is CC1C(CN2CCCC2CN2CCCC2)OC(c2ccc(-c3ccccc3CNC(=O)NC34CC5CC(CC(C5)C3)C4)cc2)OC1c1ccc(CO)cc1. The van der Waals surface area contributed by atoms with Gasteiger partial charge in [-0.05, 0) is 129 Å². The van der Waals surface area contributed by atoms with Crippen LogP contribution in [0, 0.1) is 23.7 Å². The van der Waals surface area contributed by atoms with Crippen molar-refractivity contribution in [2.45, 2.75) is 114 Å². The average Bonchev–Trinajstić information content (AvgIpc) is 3.87. The number of aliphatic hydroxyl groups is 1. The zero-order valence-corrected chi connectivity index (χ0v) is 32.1. The summed E-state index contributed by atoms with van der Waals surface area (Å²) in [5.74, 6) is 2.55. The van der Waals surface area contributed by atoms with Gasteiger partial charge in [0.15, 0.2) is 6.29 Å². The smallest absolute Gasteiger partial charge is 0.315 e. The summed E-state index contributed by atoms with van der Waals surface area (Å²) in [7, 11) is 0. The Bertz CT molecular complexity index is 1700. The third-order valence-electron chi connectivity index (χ3n) is 14.1. The molecule has 4 saturated carbocycles. The molecular weight excluding hydrogens is 673 g/mol. The zero-order valence-electron chi connectivity index (χ0n) is 32.1. The van der Waals surface area contributed by atoms with Crippen LogP contribution in [0.4, 0.5) is 4.79 Å². The van der Waals surface area contributed by atoms with E-state index < -0.39 is 6.29 Å². The number of hydrogen-bond donors (Lipinski definition) is 3. The lowest BCUT2D eigenvalue weighted by Crippen LogP contribution is -2.61. The standard InChI is InChI=1S/C46H60N4O4/c1-31-42(29-50-20-6-8-40(50)28-49-18-4-5-19-49)53-44(54-43(31)37-12-10-32(30-51)11-13-37)38-16-14-36(15-17-38)41-9-3-2-7-39(41)27-47-45(52)48-46-24-33-21-34(25-46)23-35(22-33)26-46/h2-3,7,9-17,31,33-35,40,42-44,51H,4-6,8,18-30H2,1H3,(H2,47,48,52). The van der Waals surface area contributed by atoms with Gasteiger partial charge in [0, 0.05) is 42.7 Å². The van der Waals surface area contributed by atoms with E-state index >= 15 is 0 Å². The number of nitrogens with zero attached hydrogens (tertiary/aromatic N) is 2.